The second-order valence-corrected chi connectivity index (χ2v) is 6.49. The van der Waals surface area contributed by atoms with Crippen LogP contribution in [0.2, 0.25) is 5.02 Å². The first-order valence-electron chi connectivity index (χ1n) is 8.49. The molecular formula is C22H20ClNO3. The van der Waals surface area contributed by atoms with E-state index in [-0.39, 0.29) is 5.91 Å². The molecule has 1 amide bonds. The quantitative estimate of drug-likeness (QED) is 0.614. The lowest BCUT2D eigenvalue weighted by molar-refractivity contribution is 0.102. The normalized spacial score (nSPS) is 10.3. The minimum absolute atomic E-state index is 0.228. The summed E-state index contributed by atoms with van der Waals surface area (Å²) in [6.45, 7) is 2.31. The Morgan fingerprint density at radius 2 is 1.78 bits per heavy atom. The molecule has 0 aromatic heterocycles. The number of amides is 1. The molecule has 0 aliphatic rings. The molecular weight excluding hydrogens is 362 g/mol. The number of hydrogen-bond donors (Lipinski definition) is 1. The lowest BCUT2D eigenvalue weighted by Gasteiger charge is -2.13. The van der Waals surface area contributed by atoms with Gasteiger partial charge in [0.1, 0.15) is 6.61 Å². The minimum Gasteiger partial charge on any atom is -0.493 e. The number of nitrogens with one attached hydrogen (secondary N) is 1. The highest BCUT2D eigenvalue weighted by molar-refractivity contribution is 6.30. The average Bonchev–Trinajstić information content (AvgIpc) is 2.69. The lowest BCUT2D eigenvalue weighted by atomic mass is 10.1. The van der Waals surface area contributed by atoms with Crippen molar-refractivity contribution in [1.82, 2.24) is 0 Å². The molecule has 4 nitrogen and oxygen atoms in total. The monoisotopic (exact) mass is 381 g/mol. The van der Waals surface area contributed by atoms with E-state index in [4.69, 9.17) is 21.1 Å². The van der Waals surface area contributed by atoms with Crippen LogP contribution in [0.3, 0.4) is 0 Å². The maximum Gasteiger partial charge on any atom is 0.255 e. The third-order valence-electron chi connectivity index (χ3n) is 4.10. The molecule has 3 aromatic carbocycles. The van der Waals surface area contributed by atoms with Crippen LogP contribution in [0.5, 0.6) is 11.5 Å². The number of carbonyl (C=O) groups excluding carboxylic acids is 1. The topological polar surface area (TPSA) is 47.6 Å². The highest BCUT2D eigenvalue weighted by atomic mass is 35.5. The maximum atomic E-state index is 12.6. The zero-order valence-corrected chi connectivity index (χ0v) is 15.9. The smallest absolute Gasteiger partial charge is 0.255 e. The molecule has 0 saturated carbocycles. The van der Waals surface area contributed by atoms with Crippen LogP contribution >= 0.6 is 11.6 Å². The summed E-state index contributed by atoms with van der Waals surface area (Å²) in [6, 6.07) is 20.3. The van der Waals surface area contributed by atoms with Gasteiger partial charge in [-0.2, -0.15) is 0 Å². The Balaban J connectivity index is 1.73. The number of rotatable bonds is 6. The Morgan fingerprint density at radius 1 is 1.00 bits per heavy atom. The van der Waals surface area contributed by atoms with Crippen molar-refractivity contribution in [2.75, 3.05) is 12.4 Å². The number of methoxy groups -OCH3 is 1. The summed E-state index contributed by atoms with van der Waals surface area (Å²) in [5.74, 6) is 0.861. The Hall–Kier alpha value is -2.98. The third kappa shape index (κ3) is 4.80. The number of carbonyl (C=O) groups is 1. The van der Waals surface area contributed by atoms with Crippen LogP contribution in [0.15, 0.2) is 66.7 Å². The first-order valence-corrected chi connectivity index (χ1v) is 8.87. The predicted molar refractivity (Wildman–Crippen MR) is 108 cm³/mol. The van der Waals surface area contributed by atoms with Crippen molar-refractivity contribution in [3.05, 3.63) is 88.4 Å². The molecule has 0 aliphatic heterocycles. The number of halogens is 1. The van der Waals surface area contributed by atoms with E-state index in [1.165, 1.54) is 0 Å². The van der Waals surface area contributed by atoms with Crippen molar-refractivity contribution >= 4 is 23.2 Å². The molecule has 1 N–H and O–H groups in total. The van der Waals surface area contributed by atoms with Gasteiger partial charge in [0.15, 0.2) is 11.5 Å². The van der Waals surface area contributed by atoms with Crippen LogP contribution in [0.25, 0.3) is 0 Å². The Bertz CT molecular complexity index is 942. The van der Waals surface area contributed by atoms with E-state index in [1.807, 2.05) is 37.3 Å². The fourth-order valence-corrected chi connectivity index (χ4v) is 2.85. The number of ether oxygens (including phenoxy) is 2. The standard InChI is InChI=1S/C22H20ClNO3/c1-15-12-18(23)9-10-19(15)24-22(25)17-8-11-20(21(13-17)26-2)27-14-16-6-4-3-5-7-16/h3-13H,14H2,1-2H3,(H,24,25). The van der Waals surface area contributed by atoms with Crippen molar-refractivity contribution in [3.63, 3.8) is 0 Å². The second-order valence-electron chi connectivity index (χ2n) is 6.05. The van der Waals surface area contributed by atoms with E-state index in [0.29, 0.717) is 34.4 Å². The number of anilines is 1. The van der Waals surface area contributed by atoms with Crippen LogP contribution in [0.4, 0.5) is 5.69 Å². The Labute approximate surface area is 163 Å². The number of aryl methyl sites for hydroxylation is 1. The summed E-state index contributed by atoms with van der Waals surface area (Å²) in [4.78, 5) is 12.6. The zero-order valence-electron chi connectivity index (χ0n) is 15.2. The van der Waals surface area contributed by atoms with Gasteiger partial charge in [0.25, 0.3) is 5.91 Å². The molecule has 27 heavy (non-hydrogen) atoms. The highest BCUT2D eigenvalue weighted by Crippen LogP contribution is 2.29. The summed E-state index contributed by atoms with van der Waals surface area (Å²) >= 11 is 5.96. The molecule has 0 heterocycles. The molecule has 0 unspecified atom stereocenters. The molecule has 3 aromatic rings. The summed E-state index contributed by atoms with van der Waals surface area (Å²) < 4.78 is 11.2. The van der Waals surface area contributed by atoms with Crippen LogP contribution in [0, 0.1) is 6.92 Å². The van der Waals surface area contributed by atoms with Crippen molar-refractivity contribution in [1.29, 1.82) is 0 Å². The molecule has 138 valence electrons. The summed E-state index contributed by atoms with van der Waals surface area (Å²) in [6.07, 6.45) is 0. The SMILES string of the molecule is COc1cc(C(=O)Nc2ccc(Cl)cc2C)ccc1OCc1ccccc1. The largest absolute Gasteiger partial charge is 0.493 e. The van der Waals surface area contributed by atoms with Gasteiger partial charge in [-0.05, 0) is 54.4 Å². The fraction of sp³-hybridized carbons (Fsp3) is 0.136. The Kier molecular flexibility index (Phi) is 5.99. The predicted octanol–water partition coefficient (Wildman–Crippen LogP) is 5.49. The van der Waals surface area contributed by atoms with Crippen LogP contribution in [-0.4, -0.2) is 13.0 Å². The van der Waals surface area contributed by atoms with Gasteiger partial charge < -0.3 is 14.8 Å². The highest BCUT2D eigenvalue weighted by Gasteiger charge is 2.13. The van der Waals surface area contributed by atoms with Gasteiger partial charge in [0.2, 0.25) is 0 Å². The Morgan fingerprint density at radius 3 is 2.48 bits per heavy atom. The zero-order chi connectivity index (χ0) is 19.2. The molecule has 3 rings (SSSR count). The van der Waals surface area contributed by atoms with Gasteiger partial charge in [-0.25, -0.2) is 0 Å². The minimum atomic E-state index is -0.228. The first-order chi connectivity index (χ1) is 13.1. The summed E-state index contributed by atoms with van der Waals surface area (Å²) in [7, 11) is 1.55. The maximum absolute atomic E-state index is 12.6. The van der Waals surface area contributed by atoms with Gasteiger partial charge in [-0.15, -0.1) is 0 Å². The summed E-state index contributed by atoms with van der Waals surface area (Å²) in [5, 5.41) is 3.52. The third-order valence-corrected chi connectivity index (χ3v) is 4.33. The van der Waals surface area contributed by atoms with Crippen molar-refractivity contribution in [3.8, 4) is 11.5 Å². The van der Waals surface area contributed by atoms with E-state index in [2.05, 4.69) is 5.32 Å². The van der Waals surface area contributed by atoms with Crippen molar-refractivity contribution in [2.45, 2.75) is 13.5 Å². The first kappa shape index (κ1) is 18.8. The molecule has 0 fully saturated rings. The van der Waals surface area contributed by atoms with E-state index < -0.39 is 0 Å². The molecule has 0 radical (unpaired) electrons. The molecule has 0 bridgehead atoms. The molecule has 0 saturated heterocycles. The average molecular weight is 382 g/mol. The van der Waals surface area contributed by atoms with E-state index in [9.17, 15) is 4.79 Å². The number of hydrogen-bond acceptors (Lipinski definition) is 3. The van der Waals surface area contributed by atoms with Crippen LogP contribution in [0.1, 0.15) is 21.5 Å². The van der Waals surface area contributed by atoms with E-state index in [0.717, 1.165) is 11.1 Å². The van der Waals surface area contributed by atoms with Crippen LogP contribution in [-0.2, 0) is 6.61 Å². The van der Waals surface area contributed by atoms with Crippen molar-refractivity contribution in [2.24, 2.45) is 0 Å². The van der Waals surface area contributed by atoms with Gasteiger partial charge >= 0.3 is 0 Å². The molecule has 0 aliphatic carbocycles. The fourth-order valence-electron chi connectivity index (χ4n) is 2.63. The second kappa shape index (κ2) is 8.60. The van der Waals surface area contributed by atoms with Gasteiger partial charge in [0.05, 0.1) is 7.11 Å². The van der Waals surface area contributed by atoms with Gasteiger partial charge in [-0.3, -0.25) is 4.79 Å². The number of benzene rings is 3. The lowest BCUT2D eigenvalue weighted by Crippen LogP contribution is -2.13. The van der Waals surface area contributed by atoms with Crippen LogP contribution < -0.4 is 14.8 Å². The molecule has 5 heteroatoms. The van der Waals surface area contributed by atoms with Crippen molar-refractivity contribution < 1.29 is 14.3 Å². The molecule has 0 atom stereocenters. The van der Waals surface area contributed by atoms with Gasteiger partial charge in [-0.1, -0.05) is 41.9 Å². The molecule has 0 spiro atoms. The summed E-state index contributed by atoms with van der Waals surface area (Å²) in [5.41, 5.74) is 3.14. The van der Waals surface area contributed by atoms with Gasteiger partial charge in [0, 0.05) is 16.3 Å². The van der Waals surface area contributed by atoms with E-state index >= 15 is 0 Å². The van der Waals surface area contributed by atoms with E-state index in [1.54, 1.807) is 43.5 Å².